The molecular formula is C32H30Br2N2O6S. The highest BCUT2D eigenvalue weighted by atomic mass is 79.9. The van der Waals surface area contributed by atoms with Crippen molar-refractivity contribution in [3.05, 3.63) is 86.1 Å². The number of carbonyl (C=O) groups excluding carboxylic acids is 2. The van der Waals surface area contributed by atoms with Gasteiger partial charge in [0.2, 0.25) is 0 Å². The van der Waals surface area contributed by atoms with Crippen molar-refractivity contribution in [1.82, 2.24) is 9.13 Å². The fourth-order valence-electron chi connectivity index (χ4n) is 5.11. The van der Waals surface area contributed by atoms with Crippen molar-refractivity contribution in [3.8, 4) is 11.5 Å². The number of esters is 2. The van der Waals surface area contributed by atoms with Crippen molar-refractivity contribution in [2.24, 2.45) is 14.1 Å². The predicted molar refractivity (Wildman–Crippen MR) is 175 cm³/mol. The molecule has 0 amide bonds. The molecule has 0 saturated carbocycles. The molecule has 0 aliphatic carbocycles. The van der Waals surface area contributed by atoms with E-state index in [2.05, 4.69) is 31.9 Å². The van der Waals surface area contributed by atoms with E-state index in [4.69, 9.17) is 14.2 Å². The molecule has 43 heavy (non-hydrogen) atoms. The number of carbonyl (C=O) groups is 2. The van der Waals surface area contributed by atoms with Crippen LogP contribution < -0.4 is 4.74 Å². The molecule has 3 aromatic carbocycles. The molecule has 0 unspecified atom stereocenters. The van der Waals surface area contributed by atoms with Crippen molar-refractivity contribution in [1.29, 1.82) is 0 Å². The molecule has 0 aliphatic heterocycles. The Bertz CT molecular complexity index is 1850. The van der Waals surface area contributed by atoms with Crippen LogP contribution in [-0.4, -0.2) is 39.4 Å². The number of benzene rings is 3. The average molecular weight is 730 g/mol. The Labute approximate surface area is 270 Å². The number of aryl methyl sites for hydroxylation is 2. The van der Waals surface area contributed by atoms with E-state index in [1.807, 2.05) is 65.7 Å². The fraction of sp³-hybridized carbons (Fsp3) is 0.250. The van der Waals surface area contributed by atoms with Gasteiger partial charge in [-0.2, -0.15) is 0 Å². The van der Waals surface area contributed by atoms with E-state index in [1.165, 1.54) is 0 Å². The first-order valence-electron chi connectivity index (χ1n) is 13.6. The summed E-state index contributed by atoms with van der Waals surface area (Å²) < 4.78 is 22.2. The van der Waals surface area contributed by atoms with Gasteiger partial charge in [0.1, 0.15) is 18.1 Å². The average Bonchev–Trinajstić information content (AvgIpc) is 3.40. The molecule has 2 aromatic heterocycles. The fourth-order valence-corrected chi connectivity index (χ4v) is 6.88. The number of thioether (sulfide) groups is 1. The van der Waals surface area contributed by atoms with Gasteiger partial charge < -0.3 is 28.5 Å². The quantitative estimate of drug-likeness (QED) is 0.115. The van der Waals surface area contributed by atoms with E-state index in [1.54, 1.807) is 37.7 Å². The van der Waals surface area contributed by atoms with E-state index < -0.39 is 11.9 Å². The standard InChI is InChI=1S/C32H30Br2N2O6S/c1-5-40-31(38)29-19-12-27(37)21(33)14-23(19)35(3)25(29)16-42-28-13-20-24(15-22(28)34)36(4)26(30(20)32(39)41-6-2)17-43-18-10-8-7-9-11-18/h7-15,37H,5-6,16-17H2,1-4H3. The summed E-state index contributed by atoms with van der Waals surface area (Å²) in [7, 11) is 3.77. The molecule has 8 nitrogen and oxygen atoms in total. The number of hydrogen-bond donors (Lipinski definition) is 1. The van der Waals surface area contributed by atoms with E-state index in [9.17, 15) is 14.7 Å². The summed E-state index contributed by atoms with van der Waals surface area (Å²) in [5.41, 5.74) is 3.83. The lowest BCUT2D eigenvalue weighted by Gasteiger charge is -2.12. The van der Waals surface area contributed by atoms with Crippen LogP contribution in [0.2, 0.25) is 0 Å². The number of nitrogens with zero attached hydrogens (tertiary/aromatic N) is 2. The van der Waals surface area contributed by atoms with Gasteiger partial charge in [-0.05, 0) is 82.1 Å². The summed E-state index contributed by atoms with van der Waals surface area (Å²) in [6.07, 6.45) is 0. The van der Waals surface area contributed by atoms with Crippen molar-refractivity contribution in [2.45, 2.75) is 31.1 Å². The largest absolute Gasteiger partial charge is 0.507 e. The number of fused-ring (bicyclic) bond motifs is 2. The van der Waals surface area contributed by atoms with Gasteiger partial charge in [0.15, 0.2) is 0 Å². The number of hydrogen-bond acceptors (Lipinski definition) is 7. The summed E-state index contributed by atoms with van der Waals surface area (Å²) in [6.45, 7) is 4.02. The van der Waals surface area contributed by atoms with Crippen LogP contribution in [0.15, 0.2) is 68.4 Å². The summed E-state index contributed by atoms with van der Waals surface area (Å²) in [5.74, 6) is 0.180. The molecule has 0 atom stereocenters. The van der Waals surface area contributed by atoms with Gasteiger partial charge in [-0.15, -0.1) is 11.8 Å². The van der Waals surface area contributed by atoms with Gasteiger partial charge in [-0.1, -0.05) is 18.2 Å². The zero-order valence-corrected chi connectivity index (χ0v) is 28.1. The van der Waals surface area contributed by atoms with Gasteiger partial charge in [0, 0.05) is 41.2 Å². The Morgan fingerprint density at radius 1 is 0.814 bits per heavy atom. The zero-order valence-electron chi connectivity index (χ0n) is 24.1. The van der Waals surface area contributed by atoms with Crippen LogP contribution in [0.1, 0.15) is 46.0 Å². The first kappa shape index (κ1) is 31.0. The number of rotatable bonds is 10. The molecular weight excluding hydrogens is 700 g/mol. The third-order valence-electron chi connectivity index (χ3n) is 7.21. The Kier molecular flexibility index (Phi) is 9.43. The minimum atomic E-state index is -0.504. The van der Waals surface area contributed by atoms with E-state index in [0.717, 1.165) is 21.6 Å². The highest BCUT2D eigenvalue weighted by molar-refractivity contribution is 9.11. The summed E-state index contributed by atoms with van der Waals surface area (Å²) in [6, 6.07) is 17.1. The minimum absolute atomic E-state index is 0.0149. The Balaban J connectivity index is 1.56. The number of aromatic nitrogens is 2. The van der Waals surface area contributed by atoms with E-state index in [-0.39, 0.29) is 25.6 Å². The lowest BCUT2D eigenvalue weighted by Crippen LogP contribution is -2.11. The third kappa shape index (κ3) is 6.03. The molecule has 5 rings (SSSR count). The normalized spacial score (nSPS) is 11.3. The van der Waals surface area contributed by atoms with Crippen LogP contribution in [0.4, 0.5) is 0 Å². The maximum atomic E-state index is 13.3. The van der Waals surface area contributed by atoms with Crippen molar-refractivity contribution in [2.75, 3.05) is 13.2 Å². The maximum Gasteiger partial charge on any atom is 0.340 e. The van der Waals surface area contributed by atoms with Gasteiger partial charge in [0.05, 0.1) is 50.0 Å². The molecule has 0 spiro atoms. The molecule has 1 N–H and O–H groups in total. The second-order valence-corrected chi connectivity index (χ2v) is 12.5. The molecule has 5 aromatic rings. The lowest BCUT2D eigenvalue weighted by atomic mass is 10.1. The topological polar surface area (TPSA) is 91.9 Å². The Hall–Kier alpha value is -3.41. The Morgan fingerprint density at radius 2 is 1.37 bits per heavy atom. The molecule has 224 valence electrons. The molecule has 0 radical (unpaired) electrons. The van der Waals surface area contributed by atoms with Crippen LogP contribution in [0, 0.1) is 0 Å². The monoisotopic (exact) mass is 728 g/mol. The van der Waals surface area contributed by atoms with Crippen LogP contribution in [-0.2, 0) is 35.9 Å². The summed E-state index contributed by atoms with van der Waals surface area (Å²) >= 11 is 8.66. The minimum Gasteiger partial charge on any atom is -0.507 e. The molecule has 11 heteroatoms. The van der Waals surface area contributed by atoms with Gasteiger partial charge in [-0.25, -0.2) is 9.59 Å². The highest BCUT2D eigenvalue weighted by Crippen LogP contribution is 2.39. The number of aromatic hydroxyl groups is 1. The van der Waals surface area contributed by atoms with Gasteiger partial charge in [0.25, 0.3) is 0 Å². The van der Waals surface area contributed by atoms with Crippen LogP contribution in [0.5, 0.6) is 11.5 Å². The van der Waals surface area contributed by atoms with E-state index in [0.29, 0.717) is 48.0 Å². The molecule has 0 aliphatic rings. The second kappa shape index (κ2) is 13.1. The molecule has 2 heterocycles. The van der Waals surface area contributed by atoms with Crippen molar-refractivity contribution >= 4 is 77.4 Å². The first-order valence-corrected chi connectivity index (χ1v) is 16.2. The molecule has 0 bridgehead atoms. The summed E-state index contributed by atoms with van der Waals surface area (Å²) in [5, 5.41) is 11.6. The van der Waals surface area contributed by atoms with Crippen molar-refractivity contribution < 1.29 is 28.9 Å². The number of phenolic OH excluding ortho intramolecular Hbond substituents is 1. The third-order valence-corrected chi connectivity index (χ3v) is 9.48. The smallest absolute Gasteiger partial charge is 0.340 e. The van der Waals surface area contributed by atoms with Gasteiger partial charge >= 0.3 is 11.9 Å². The second-order valence-electron chi connectivity index (χ2n) is 9.71. The van der Waals surface area contributed by atoms with Crippen molar-refractivity contribution in [3.63, 3.8) is 0 Å². The Morgan fingerprint density at radius 3 is 2.00 bits per heavy atom. The van der Waals surface area contributed by atoms with Crippen LogP contribution in [0.25, 0.3) is 21.8 Å². The zero-order chi connectivity index (χ0) is 30.8. The maximum absolute atomic E-state index is 13.3. The number of phenols is 1. The van der Waals surface area contributed by atoms with Crippen LogP contribution >= 0.6 is 43.6 Å². The number of halogens is 2. The lowest BCUT2D eigenvalue weighted by molar-refractivity contribution is 0.0516. The van der Waals surface area contributed by atoms with E-state index >= 15 is 0 Å². The molecule has 0 saturated heterocycles. The van der Waals surface area contributed by atoms with Crippen LogP contribution in [0.3, 0.4) is 0 Å². The number of ether oxygens (including phenoxy) is 3. The molecule has 0 fully saturated rings. The SMILES string of the molecule is CCOC(=O)c1c(COc2cc3c(C(=O)OCC)c(CSc4ccccc4)n(C)c3cc2Br)n(C)c2cc(Br)c(O)cc12. The van der Waals surface area contributed by atoms with Gasteiger partial charge in [-0.3, -0.25) is 0 Å². The highest BCUT2D eigenvalue weighted by Gasteiger charge is 2.26. The predicted octanol–water partition coefficient (Wildman–Crippen LogP) is 8.13. The summed E-state index contributed by atoms with van der Waals surface area (Å²) in [4.78, 5) is 27.5. The first-order chi connectivity index (χ1) is 20.7.